The highest BCUT2D eigenvalue weighted by atomic mass is 32.2. The zero-order valence-corrected chi connectivity index (χ0v) is 12.2. The van der Waals surface area contributed by atoms with Crippen LogP contribution < -0.4 is 5.14 Å². The van der Waals surface area contributed by atoms with Gasteiger partial charge in [0.1, 0.15) is 0 Å². The second-order valence-corrected chi connectivity index (χ2v) is 6.84. The average molecular weight is 287 g/mol. The van der Waals surface area contributed by atoms with E-state index in [1.165, 1.54) is 17.5 Å². The zero-order valence-electron chi connectivity index (χ0n) is 11.4. The van der Waals surface area contributed by atoms with E-state index in [4.69, 9.17) is 5.14 Å². The van der Waals surface area contributed by atoms with Gasteiger partial charge in [0.05, 0.1) is 4.90 Å². The lowest BCUT2D eigenvalue weighted by molar-refractivity contribution is 0.597. The fourth-order valence-electron chi connectivity index (χ4n) is 2.97. The Morgan fingerprint density at radius 2 is 1.80 bits per heavy atom. The van der Waals surface area contributed by atoms with Crippen LogP contribution in [0.4, 0.5) is 0 Å². The minimum absolute atomic E-state index is 0.204. The van der Waals surface area contributed by atoms with Gasteiger partial charge in [-0.2, -0.15) is 0 Å². The summed E-state index contributed by atoms with van der Waals surface area (Å²) in [5, 5.41) is 5.27. The Morgan fingerprint density at radius 1 is 1.05 bits per heavy atom. The van der Waals surface area contributed by atoms with Crippen molar-refractivity contribution in [1.29, 1.82) is 0 Å². The van der Waals surface area contributed by atoms with Crippen LogP contribution in [0.2, 0.25) is 0 Å². The van der Waals surface area contributed by atoms with Crippen LogP contribution in [0.25, 0.3) is 11.1 Å². The molecule has 0 aliphatic heterocycles. The topological polar surface area (TPSA) is 60.2 Å². The van der Waals surface area contributed by atoms with E-state index in [9.17, 15) is 8.42 Å². The van der Waals surface area contributed by atoms with E-state index in [0.717, 1.165) is 24.0 Å². The van der Waals surface area contributed by atoms with Gasteiger partial charge in [0.25, 0.3) is 0 Å². The predicted molar refractivity (Wildman–Crippen MR) is 80.0 cm³/mol. The van der Waals surface area contributed by atoms with E-state index in [2.05, 4.69) is 18.2 Å². The number of aryl methyl sites for hydroxylation is 2. The molecule has 0 spiro atoms. The number of primary sulfonamides is 1. The summed E-state index contributed by atoms with van der Waals surface area (Å²) in [5.41, 5.74) is 5.50. The van der Waals surface area contributed by atoms with Crippen molar-refractivity contribution in [3.8, 4) is 11.1 Å². The second kappa shape index (κ2) is 4.72. The first kappa shape index (κ1) is 13.3. The normalized spacial score (nSPS) is 14.3. The molecule has 0 aromatic heterocycles. The third-order valence-electron chi connectivity index (χ3n) is 4.00. The molecule has 0 fully saturated rings. The minimum atomic E-state index is -3.68. The Hall–Kier alpha value is -1.65. The van der Waals surface area contributed by atoms with Crippen molar-refractivity contribution in [2.45, 2.75) is 31.1 Å². The van der Waals surface area contributed by atoms with Gasteiger partial charge in [-0.05, 0) is 60.1 Å². The third kappa shape index (κ3) is 2.25. The maximum absolute atomic E-state index is 11.6. The summed E-state index contributed by atoms with van der Waals surface area (Å²) in [6.45, 7) is 1.81. The Bertz CT molecular complexity index is 779. The summed E-state index contributed by atoms with van der Waals surface area (Å²) < 4.78 is 23.2. The van der Waals surface area contributed by atoms with Crippen LogP contribution in [0.5, 0.6) is 0 Å². The molecule has 4 heteroatoms. The number of fused-ring (bicyclic) bond motifs is 1. The summed E-state index contributed by atoms with van der Waals surface area (Å²) in [5.74, 6) is 0. The summed E-state index contributed by atoms with van der Waals surface area (Å²) in [6.07, 6.45) is 3.46. The van der Waals surface area contributed by atoms with Crippen LogP contribution in [0.3, 0.4) is 0 Å². The summed E-state index contributed by atoms with van der Waals surface area (Å²) in [7, 11) is -3.68. The summed E-state index contributed by atoms with van der Waals surface area (Å²) >= 11 is 0. The average Bonchev–Trinajstić information content (AvgIpc) is 2.84. The maximum atomic E-state index is 11.6. The Labute approximate surface area is 119 Å². The lowest BCUT2D eigenvalue weighted by Crippen LogP contribution is -2.13. The zero-order chi connectivity index (χ0) is 14.3. The number of nitrogens with two attached hydrogens (primary N) is 1. The fourth-order valence-corrected chi connectivity index (χ4v) is 3.78. The van der Waals surface area contributed by atoms with Crippen molar-refractivity contribution in [2.24, 2.45) is 5.14 Å². The smallest absolute Gasteiger partial charge is 0.225 e. The molecule has 0 atom stereocenters. The monoisotopic (exact) mass is 287 g/mol. The highest BCUT2D eigenvalue weighted by Gasteiger charge is 2.16. The van der Waals surface area contributed by atoms with Gasteiger partial charge in [0, 0.05) is 0 Å². The molecule has 0 saturated carbocycles. The maximum Gasteiger partial charge on any atom is 0.238 e. The molecule has 0 radical (unpaired) electrons. The first-order valence-electron chi connectivity index (χ1n) is 6.71. The van der Waals surface area contributed by atoms with Crippen LogP contribution in [-0.2, 0) is 22.9 Å². The van der Waals surface area contributed by atoms with Crippen LogP contribution in [0, 0.1) is 6.92 Å². The van der Waals surface area contributed by atoms with Crippen LogP contribution in [0.1, 0.15) is 23.1 Å². The Balaban J connectivity index is 2.16. The van der Waals surface area contributed by atoms with Crippen molar-refractivity contribution in [1.82, 2.24) is 0 Å². The predicted octanol–water partition coefficient (Wildman–Crippen LogP) is 2.80. The largest absolute Gasteiger partial charge is 0.238 e. The van der Waals surface area contributed by atoms with Gasteiger partial charge >= 0.3 is 0 Å². The molecule has 104 valence electrons. The fraction of sp³-hybridized carbons (Fsp3) is 0.250. The van der Waals surface area contributed by atoms with E-state index in [1.54, 1.807) is 12.1 Å². The highest BCUT2D eigenvalue weighted by molar-refractivity contribution is 7.89. The molecule has 0 amide bonds. The molecule has 2 aromatic carbocycles. The van der Waals surface area contributed by atoms with Crippen molar-refractivity contribution >= 4 is 10.0 Å². The summed E-state index contributed by atoms with van der Waals surface area (Å²) in [4.78, 5) is 0.204. The SMILES string of the molecule is Cc1c(-c2ccc3c(c2)CCC3)cccc1S(N)(=O)=O. The van der Waals surface area contributed by atoms with Crippen molar-refractivity contribution < 1.29 is 8.42 Å². The van der Waals surface area contributed by atoms with E-state index in [-0.39, 0.29) is 4.90 Å². The molecule has 2 aromatic rings. The molecule has 20 heavy (non-hydrogen) atoms. The minimum Gasteiger partial charge on any atom is -0.225 e. The van der Waals surface area contributed by atoms with Gasteiger partial charge in [0.2, 0.25) is 10.0 Å². The molecule has 3 rings (SSSR count). The van der Waals surface area contributed by atoms with E-state index in [1.807, 2.05) is 13.0 Å². The number of hydrogen-bond acceptors (Lipinski definition) is 2. The first-order chi connectivity index (χ1) is 9.47. The van der Waals surface area contributed by atoms with E-state index >= 15 is 0 Å². The molecule has 2 N–H and O–H groups in total. The number of hydrogen-bond donors (Lipinski definition) is 1. The molecule has 0 unspecified atom stereocenters. The van der Waals surface area contributed by atoms with E-state index < -0.39 is 10.0 Å². The highest BCUT2D eigenvalue weighted by Crippen LogP contribution is 2.31. The lowest BCUT2D eigenvalue weighted by atomic mass is 9.97. The van der Waals surface area contributed by atoms with Gasteiger partial charge in [-0.15, -0.1) is 0 Å². The molecular weight excluding hydrogens is 270 g/mol. The van der Waals surface area contributed by atoms with Gasteiger partial charge in [-0.25, -0.2) is 13.6 Å². The molecule has 1 aliphatic carbocycles. The standard InChI is InChI=1S/C16H17NO2S/c1-11-15(6-3-7-16(11)20(17,18)19)14-9-8-12-4-2-5-13(12)10-14/h3,6-10H,2,4-5H2,1H3,(H2,17,18,19). The molecule has 0 bridgehead atoms. The lowest BCUT2D eigenvalue weighted by Gasteiger charge is -2.11. The van der Waals surface area contributed by atoms with Crippen LogP contribution in [-0.4, -0.2) is 8.42 Å². The Morgan fingerprint density at radius 3 is 2.55 bits per heavy atom. The van der Waals surface area contributed by atoms with E-state index in [0.29, 0.717) is 5.56 Å². The second-order valence-electron chi connectivity index (χ2n) is 5.31. The molecule has 0 saturated heterocycles. The molecule has 3 nitrogen and oxygen atoms in total. The molecule has 1 aliphatic rings. The van der Waals surface area contributed by atoms with Gasteiger partial charge in [-0.1, -0.05) is 30.3 Å². The number of benzene rings is 2. The van der Waals surface area contributed by atoms with Crippen LogP contribution >= 0.6 is 0 Å². The third-order valence-corrected chi connectivity index (χ3v) is 5.06. The van der Waals surface area contributed by atoms with Crippen molar-refractivity contribution in [3.63, 3.8) is 0 Å². The van der Waals surface area contributed by atoms with Gasteiger partial charge < -0.3 is 0 Å². The van der Waals surface area contributed by atoms with Crippen LogP contribution in [0.15, 0.2) is 41.3 Å². The van der Waals surface area contributed by atoms with Crippen molar-refractivity contribution in [3.05, 3.63) is 53.1 Å². The number of rotatable bonds is 2. The van der Waals surface area contributed by atoms with Gasteiger partial charge in [-0.3, -0.25) is 0 Å². The van der Waals surface area contributed by atoms with Gasteiger partial charge in [0.15, 0.2) is 0 Å². The van der Waals surface area contributed by atoms with Crippen molar-refractivity contribution in [2.75, 3.05) is 0 Å². The Kier molecular flexibility index (Phi) is 3.15. The number of sulfonamides is 1. The molecular formula is C16H17NO2S. The first-order valence-corrected chi connectivity index (χ1v) is 8.26. The quantitative estimate of drug-likeness (QED) is 0.923. The molecule has 0 heterocycles. The summed E-state index contributed by atoms with van der Waals surface area (Å²) in [6, 6.07) is 11.6.